The molecule has 1 N–H and O–H groups in total. The van der Waals surface area contributed by atoms with Gasteiger partial charge in [-0.1, -0.05) is 31.9 Å². The molecule has 0 saturated carbocycles. The number of anilines is 1. The summed E-state index contributed by atoms with van der Waals surface area (Å²) in [6, 6.07) is 12.0. The highest BCUT2D eigenvalue weighted by atomic mass is 79.9. The summed E-state index contributed by atoms with van der Waals surface area (Å²) in [4.78, 5) is 0. The quantitative estimate of drug-likeness (QED) is 0.647. The summed E-state index contributed by atoms with van der Waals surface area (Å²) in [5.74, 6) is 1.51. The Morgan fingerprint density at radius 1 is 1.05 bits per heavy atom. The van der Waals surface area contributed by atoms with Crippen LogP contribution in [0.2, 0.25) is 0 Å². The van der Waals surface area contributed by atoms with Crippen molar-refractivity contribution in [3.63, 3.8) is 0 Å². The Kier molecular flexibility index (Phi) is 6.15. The maximum atomic E-state index is 5.95. The molecule has 0 radical (unpaired) electrons. The molecule has 0 amide bonds. The molecule has 0 aliphatic heterocycles. The van der Waals surface area contributed by atoms with Crippen LogP contribution in [0, 0.1) is 0 Å². The molecule has 118 valence electrons. The van der Waals surface area contributed by atoms with Crippen LogP contribution >= 0.6 is 31.9 Å². The molecule has 0 spiro atoms. The first-order chi connectivity index (χ1) is 10.5. The Morgan fingerprint density at radius 2 is 1.73 bits per heavy atom. The van der Waals surface area contributed by atoms with E-state index >= 15 is 0 Å². The van der Waals surface area contributed by atoms with Crippen LogP contribution in [0.4, 0.5) is 5.69 Å². The van der Waals surface area contributed by atoms with Gasteiger partial charge in [-0.2, -0.15) is 0 Å². The van der Waals surface area contributed by atoms with Gasteiger partial charge in [0.25, 0.3) is 0 Å². The van der Waals surface area contributed by atoms with E-state index in [1.54, 1.807) is 7.11 Å². The first-order valence-electron chi connectivity index (χ1n) is 7.02. The molecule has 0 fully saturated rings. The molecule has 0 unspecified atom stereocenters. The van der Waals surface area contributed by atoms with Gasteiger partial charge in [-0.05, 0) is 50.2 Å². The second-order valence-corrected chi connectivity index (χ2v) is 6.85. The zero-order chi connectivity index (χ0) is 16.1. The van der Waals surface area contributed by atoms with Crippen LogP contribution in [0.3, 0.4) is 0 Å². The fourth-order valence-corrected chi connectivity index (χ4v) is 2.75. The number of ether oxygens (including phenoxy) is 2. The number of methoxy groups -OCH3 is 1. The summed E-state index contributed by atoms with van der Waals surface area (Å²) in [6.45, 7) is 4.65. The van der Waals surface area contributed by atoms with Gasteiger partial charge in [0, 0.05) is 26.7 Å². The third-order valence-corrected chi connectivity index (χ3v) is 4.33. The molecule has 0 aromatic heterocycles. The minimum atomic E-state index is 0.0784. The Labute approximate surface area is 148 Å². The zero-order valence-corrected chi connectivity index (χ0v) is 16.0. The van der Waals surface area contributed by atoms with Gasteiger partial charge >= 0.3 is 0 Å². The smallest absolute Gasteiger partial charge is 0.167 e. The van der Waals surface area contributed by atoms with E-state index in [1.165, 1.54) is 0 Å². The topological polar surface area (TPSA) is 30.5 Å². The minimum absolute atomic E-state index is 0.0784. The van der Waals surface area contributed by atoms with Gasteiger partial charge in [0.15, 0.2) is 11.5 Å². The molecular weight excluding hydrogens is 410 g/mol. The van der Waals surface area contributed by atoms with E-state index in [-0.39, 0.29) is 6.10 Å². The summed E-state index contributed by atoms with van der Waals surface area (Å²) < 4.78 is 13.4. The lowest BCUT2D eigenvalue weighted by Gasteiger charge is -2.19. The summed E-state index contributed by atoms with van der Waals surface area (Å²) in [6.07, 6.45) is 0.0784. The summed E-state index contributed by atoms with van der Waals surface area (Å²) in [5.41, 5.74) is 2.09. The molecule has 0 aliphatic carbocycles. The molecule has 5 heteroatoms. The molecule has 22 heavy (non-hydrogen) atoms. The normalized spacial score (nSPS) is 10.6. The van der Waals surface area contributed by atoms with Crippen LogP contribution in [0.1, 0.15) is 19.4 Å². The lowest BCUT2D eigenvalue weighted by atomic mass is 10.1. The summed E-state index contributed by atoms with van der Waals surface area (Å²) in [5, 5.41) is 3.41. The molecule has 2 aromatic rings. The summed E-state index contributed by atoms with van der Waals surface area (Å²) >= 11 is 7.04. The number of hydrogen-bond donors (Lipinski definition) is 1. The van der Waals surface area contributed by atoms with Crippen molar-refractivity contribution < 1.29 is 9.47 Å². The Balaban J connectivity index is 2.26. The number of benzene rings is 2. The van der Waals surface area contributed by atoms with Crippen LogP contribution in [0.5, 0.6) is 11.5 Å². The molecule has 0 atom stereocenters. The Hall–Kier alpha value is -1.20. The fourth-order valence-electron chi connectivity index (χ4n) is 2.03. The van der Waals surface area contributed by atoms with Gasteiger partial charge in [-0.3, -0.25) is 0 Å². The summed E-state index contributed by atoms with van der Waals surface area (Å²) in [7, 11) is 1.66. The first kappa shape index (κ1) is 17.2. The third-order valence-electron chi connectivity index (χ3n) is 3.05. The predicted octanol–water partition coefficient (Wildman–Crippen LogP) is 5.62. The van der Waals surface area contributed by atoms with Gasteiger partial charge in [0.05, 0.1) is 13.2 Å². The van der Waals surface area contributed by atoms with E-state index in [0.29, 0.717) is 6.54 Å². The van der Waals surface area contributed by atoms with Crippen molar-refractivity contribution in [2.24, 2.45) is 0 Å². The molecular formula is C17H19Br2NO2. The predicted molar refractivity (Wildman–Crippen MR) is 97.9 cm³/mol. The fraction of sp³-hybridized carbons (Fsp3) is 0.294. The number of nitrogens with one attached hydrogen (secondary N) is 1. The van der Waals surface area contributed by atoms with Crippen molar-refractivity contribution in [3.05, 3.63) is 50.9 Å². The standard InChI is InChI=1S/C17H19Br2NO2/c1-11(2)22-17-14(15(19)8-9-16(17)21-3)10-20-13-6-4-12(18)5-7-13/h4-9,11,20H,10H2,1-3H3. The highest BCUT2D eigenvalue weighted by Crippen LogP contribution is 2.37. The van der Waals surface area contributed by atoms with Crippen LogP contribution in [0.25, 0.3) is 0 Å². The van der Waals surface area contributed by atoms with E-state index in [4.69, 9.17) is 9.47 Å². The van der Waals surface area contributed by atoms with Gasteiger partial charge in [-0.15, -0.1) is 0 Å². The van der Waals surface area contributed by atoms with E-state index < -0.39 is 0 Å². The Bertz CT molecular complexity index is 627. The SMILES string of the molecule is COc1ccc(Br)c(CNc2ccc(Br)cc2)c1OC(C)C. The Morgan fingerprint density at radius 3 is 2.32 bits per heavy atom. The molecule has 2 rings (SSSR count). The second kappa shape index (κ2) is 7.88. The van der Waals surface area contributed by atoms with E-state index in [1.807, 2.05) is 50.2 Å². The lowest BCUT2D eigenvalue weighted by molar-refractivity contribution is 0.227. The highest BCUT2D eigenvalue weighted by Gasteiger charge is 2.15. The average Bonchev–Trinajstić information content (AvgIpc) is 2.48. The third kappa shape index (κ3) is 4.40. The van der Waals surface area contributed by atoms with Crippen molar-refractivity contribution in [2.45, 2.75) is 26.5 Å². The van der Waals surface area contributed by atoms with Crippen molar-refractivity contribution in [3.8, 4) is 11.5 Å². The van der Waals surface area contributed by atoms with Crippen LogP contribution in [0.15, 0.2) is 45.3 Å². The molecule has 0 heterocycles. The molecule has 2 aromatic carbocycles. The monoisotopic (exact) mass is 427 g/mol. The van der Waals surface area contributed by atoms with Crippen molar-refractivity contribution in [2.75, 3.05) is 12.4 Å². The van der Waals surface area contributed by atoms with Gasteiger partial charge in [0.2, 0.25) is 0 Å². The average molecular weight is 429 g/mol. The number of rotatable bonds is 6. The van der Waals surface area contributed by atoms with Crippen molar-refractivity contribution >= 4 is 37.5 Å². The second-order valence-electron chi connectivity index (χ2n) is 5.08. The van der Waals surface area contributed by atoms with Gasteiger partial charge in [0.1, 0.15) is 0 Å². The van der Waals surface area contributed by atoms with Crippen LogP contribution in [-0.4, -0.2) is 13.2 Å². The van der Waals surface area contributed by atoms with Gasteiger partial charge < -0.3 is 14.8 Å². The minimum Gasteiger partial charge on any atom is -0.493 e. The van der Waals surface area contributed by atoms with Crippen molar-refractivity contribution in [1.29, 1.82) is 0 Å². The largest absolute Gasteiger partial charge is 0.493 e. The van der Waals surface area contributed by atoms with E-state index in [0.717, 1.165) is 31.7 Å². The maximum Gasteiger partial charge on any atom is 0.167 e. The first-order valence-corrected chi connectivity index (χ1v) is 8.61. The maximum absolute atomic E-state index is 5.95. The number of halogens is 2. The molecule has 3 nitrogen and oxygen atoms in total. The highest BCUT2D eigenvalue weighted by molar-refractivity contribution is 9.10. The zero-order valence-electron chi connectivity index (χ0n) is 12.8. The molecule has 0 saturated heterocycles. The van der Waals surface area contributed by atoms with E-state index in [2.05, 4.69) is 37.2 Å². The van der Waals surface area contributed by atoms with E-state index in [9.17, 15) is 0 Å². The van der Waals surface area contributed by atoms with Gasteiger partial charge in [-0.25, -0.2) is 0 Å². The molecule has 0 bridgehead atoms. The number of hydrogen-bond acceptors (Lipinski definition) is 3. The lowest BCUT2D eigenvalue weighted by Crippen LogP contribution is -2.11. The molecule has 0 aliphatic rings. The van der Waals surface area contributed by atoms with Crippen molar-refractivity contribution in [1.82, 2.24) is 0 Å². The van der Waals surface area contributed by atoms with Crippen LogP contribution < -0.4 is 14.8 Å². The van der Waals surface area contributed by atoms with Crippen LogP contribution in [-0.2, 0) is 6.54 Å².